The lowest BCUT2D eigenvalue weighted by molar-refractivity contribution is 0.697. The molecule has 0 amide bonds. The lowest BCUT2D eigenvalue weighted by Crippen LogP contribution is -2.07. The van der Waals surface area contributed by atoms with Gasteiger partial charge in [-0.3, -0.25) is 0 Å². The normalized spacial score (nSPS) is 13.9. The minimum atomic E-state index is 0.427. The summed E-state index contributed by atoms with van der Waals surface area (Å²) >= 11 is 0. The minimum absolute atomic E-state index is 0.427. The van der Waals surface area contributed by atoms with Crippen LogP contribution in [-0.2, 0) is 6.54 Å². The molecule has 2 aromatic rings. The van der Waals surface area contributed by atoms with Gasteiger partial charge in [0.1, 0.15) is 17.5 Å². The highest BCUT2D eigenvalue weighted by Gasteiger charge is 2.23. The van der Waals surface area contributed by atoms with Crippen LogP contribution in [0.1, 0.15) is 29.5 Å². The van der Waals surface area contributed by atoms with E-state index < -0.39 is 0 Å². The summed E-state index contributed by atoms with van der Waals surface area (Å²) in [5, 5.41) is 17.0. The van der Waals surface area contributed by atoms with Gasteiger partial charge in [-0.15, -0.1) is 0 Å². The van der Waals surface area contributed by atoms with E-state index in [1.165, 1.54) is 18.4 Å². The predicted octanol–water partition coefficient (Wildman–Crippen LogP) is 2.52. The molecule has 1 aromatic heterocycles. The standard InChI is InChI=1S/C16H19N5/c1-11-2-4-13(5-3-11)10-21-15(18)14(8-17)16(20-21)19-9-12-6-7-12/h2-5,12H,6-7,9-10,18H2,1H3,(H,19,20). The number of hydrogen-bond acceptors (Lipinski definition) is 4. The zero-order chi connectivity index (χ0) is 14.8. The van der Waals surface area contributed by atoms with Crippen molar-refractivity contribution in [3.05, 3.63) is 41.0 Å². The number of rotatable bonds is 5. The third-order valence-electron chi connectivity index (χ3n) is 3.81. The third kappa shape index (κ3) is 3.00. The third-order valence-corrected chi connectivity index (χ3v) is 3.81. The Bertz CT molecular complexity index is 674. The number of nitrogens with two attached hydrogens (primary N) is 1. The van der Waals surface area contributed by atoms with Gasteiger partial charge in [0.2, 0.25) is 0 Å². The van der Waals surface area contributed by atoms with Crippen molar-refractivity contribution in [1.29, 1.82) is 5.26 Å². The Morgan fingerprint density at radius 1 is 1.38 bits per heavy atom. The molecule has 0 spiro atoms. The Kier molecular flexibility index (Phi) is 3.53. The van der Waals surface area contributed by atoms with Crippen molar-refractivity contribution in [2.75, 3.05) is 17.6 Å². The van der Waals surface area contributed by atoms with Gasteiger partial charge in [-0.05, 0) is 31.2 Å². The second-order valence-electron chi connectivity index (χ2n) is 5.69. The van der Waals surface area contributed by atoms with Crippen molar-refractivity contribution in [2.45, 2.75) is 26.3 Å². The number of nitrogens with one attached hydrogen (secondary N) is 1. The van der Waals surface area contributed by atoms with Crippen molar-refractivity contribution in [3.63, 3.8) is 0 Å². The molecule has 1 aromatic carbocycles. The molecule has 0 aliphatic heterocycles. The van der Waals surface area contributed by atoms with E-state index in [9.17, 15) is 5.26 Å². The predicted molar refractivity (Wildman–Crippen MR) is 82.8 cm³/mol. The van der Waals surface area contributed by atoms with Crippen molar-refractivity contribution in [1.82, 2.24) is 9.78 Å². The average Bonchev–Trinajstić information content (AvgIpc) is 3.26. The fourth-order valence-electron chi connectivity index (χ4n) is 2.26. The SMILES string of the molecule is Cc1ccc(Cn2nc(NCC3CC3)c(C#N)c2N)cc1. The molecule has 1 saturated carbocycles. The van der Waals surface area contributed by atoms with E-state index in [0.717, 1.165) is 18.0 Å². The molecule has 0 unspecified atom stereocenters. The van der Waals surface area contributed by atoms with Gasteiger partial charge in [-0.1, -0.05) is 29.8 Å². The summed E-state index contributed by atoms with van der Waals surface area (Å²) in [7, 11) is 0. The quantitative estimate of drug-likeness (QED) is 0.882. The highest BCUT2D eigenvalue weighted by atomic mass is 15.3. The fourth-order valence-corrected chi connectivity index (χ4v) is 2.26. The second kappa shape index (κ2) is 5.49. The highest BCUT2D eigenvalue weighted by molar-refractivity contribution is 5.64. The van der Waals surface area contributed by atoms with Gasteiger partial charge >= 0.3 is 0 Å². The van der Waals surface area contributed by atoms with Crippen LogP contribution in [0.4, 0.5) is 11.6 Å². The molecule has 3 rings (SSSR count). The number of anilines is 2. The monoisotopic (exact) mass is 281 g/mol. The van der Waals surface area contributed by atoms with Crippen molar-refractivity contribution >= 4 is 11.6 Å². The first-order chi connectivity index (χ1) is 10.2. The molecule has 1 heterocycles. The summed E-state index contributed by atoms with van der Waals surface area (Å²) in [6.07, 6.45) is 2.52. The molecule has 1 fully saturated rings. The van der Waals surface area contributed by atoms with Gasteiger partial charge in [-0.2, -0.15) is 10.4 Å². The van der Waals surface area contributed by atoms with Crippen molar-refractivity contribution in [2.24, 2.45) is 5.92 Å². The Hall–Kier alpha value is -2.48. The van der Waals surface area contributed by atoms with Crippen LogP contribution >= 0.6 is 0 Å². The zero-order valence-corrected chi connectivity index (χ0v) is 12.1. The molecule has 21 heavy (non-hydrogen) atoms. The van der Waals surface area contributed by atoms with E-state index in [-0.39, 0.29) is 0 Å². The molecule has 1 aliphatic rings. The molecular formula is C16H19N5. The maximum atomic E-state index is 9.27. The van der Waals surface area contributed by atoms with E-state index >= 15 is 0 Å². The Morgan fingerprint density at radius 2 is 2.10 bits per heavy atom. The maximum absolute atomic E-state index is 9.27. The molecule has 3 N–H and O–H groups in total. The first-order valence-corrected chi connectivity index (χ1v) is 7.23. The maximum Gasteiger partial charge on any atom is 0.168 e. The van der Waals surface area contributed by atoms with Gasteiger partial charge in [0.15, 0.2) is 5.82 Å². The molecule has 0 atom stereocenters. The van der Waals surface area contributed by atoms with Gasteiger partial charge in [0, 0.05) is 6.54 Å². The summed E-state index contributed by atoms with van der Waals surface area (Å²) in [5.41, 5.74) is 8.84. The average molecular weight is 281 g/mol. The lowest BCUT2D eigenvalue weighted by atomic mass is 10.1. The largest absolute Gasteiger partial charge is 0.383 e. The minimum Gasteiger partial charge on any atom is -0.383 e. The first-order valence-electron chi connectivity index (χ1n) is 7.23. The molecule has 0 radical (unpaired) electrons. The lowest BCUT2D eigenvalue weighted by Gasteiger charge is -2.04. The van der Waals surface area contributed by atoms with Crippen LogP contribution < -0.4 is 11.1 Å². The molecule has 0 bridgehead atoms. The topological polar surface area (TPSA) is 79.7 Å². The molecule has 5 nitrogen and oxygen atoms in total. The van der Waals surface area contributed by atoms with E-state index in [0.29, 0.717) is 23.7 Å². The van der Waals surface area contributed by atoms with E-state index in [1.807, 2.05) is 0 Å². The number of nitrogen functional groups attached to an aromatic ring is 1. The Balaban J connectivity index is 1.80. The van der Waals surface area contributed by atoms with Gasteiger partial charge in [-0.25, -0.2) is 4.68 Å². The highest BCUT2D eigenvalue weighted by Crippen LogP contribution is 2.30. The summed E-state index contributed by atoms with van der Waals surface area (Å²) in [6.45, 7) is 3.50. The van der Waals surface area contributed by atoms with Crippen LogP contribution in [0.3, 0.4) is 0 Å². The van der Waals surface area contributed by atoms with Crippen LogP contribution in [0.2, 0.25) is 0 Å². The van der Waals surface area contributed by atoms with E-state index in [4.69, 9.17) is 5.73 Å². The summed E-state index contributed by atoms with van der Waals surface area (Å²) in [5.74, 6) is 1.75. The number of hydrogen-bond donors (Lipinski definition) is 2. The number of nitrogens with zero attached hydrogens (tertiary/aromatic N) is 3. The summed E-state index contributed by atoms with van der Waals surface area (Å²) in [4.78, 5) is 0. The van der Waals surface area contributed by atoms with Gasteiger partial charge in [0.25, 0.3) is 0 Å². The van der Waals surface area contributed by atoms with Crippen LogP contribution in [0.5, 0.6) is 0 Å². The number of nitriles is 1. The number of benzene rings is 1. The molecule has 5 heteroatoms. The smallest absolute Gasteiger partial charge is 0.168 e. The van der Waals surface area contributed by atoms with Crippen LogP contribution in [0, 0.1) is 24.2 Å². The van der Waals surface area contributed by atoms with E-state index in [2.05, 4.69) is 47.7 Å². The number of aryl methyl sites for hydroxylation is 1. The first kappa shape index (κ1) is 13.5. The Morgan fingerprint density at radius 3 is 2.71 bits per heavy atom. The van der Waals surface area contributed by atoms with Gasteiger partial charge < -0.3 is 11.1 Å². The van der Waals surface area contributed by atoms with Crippen LogP contribution in [0.25, 0.3) is 0 Å². The molecule has 0 saturated heterocycles. The Labute approximate surface area is 124 Å². The zero-order valence-electron chi connectivity index (χ0n) is 12.1. The van der Waals surface area contributed by atoms with Crippen LogP contribution in [-0.4, -0.2) is 16.3 Å². The molecule has 1 aliphatic carbocycles. The van der Waals surface area contributed by atoms with Crippen molar-refractivity contribution < 1.29 is 0 Å². The van der Waals surface area contributed by atoms with Gasteiger partial charge in [0.05, 0.1) is 6.54 Å². The molecular weight excluding hydrogens is 262 g/mol. The van der Waals surface area contributed by atoms with E-state index in [1.54, 1.807) is 4.68 Å². The summed E-state index contributed by atoms with van der Waals surface area (Å²) < 4.78 is 1.69. The second-order valence-corrected chi connectivity index (χ2v) is 5.69. The van der Waals surface area contributed by atoms with Crippen LogP contribution in [0.15, 0.2) is 24.3 Å². The van der Waals surface area contributed by atoms with Crippen molar-refractivity contribution in [3.8, 4) is 6.07 Å². The fraction of sp³-hybridized carbons (Fsp3) is 0.375. The number of aromatic nitrogens is 2. The molecule has 108 valence electrons. The summed E-state index contributed by atoms with van der Waals surface area (Å²) in [6, 6.07) is 10.4.